The minimum absolute atomic E-state index is 0.0283. The Balaban J connectivity index is 2.61. The van der Waals surface area contributed by atoms with E-state index >= 15 is 0 Å². The van der Waals surface area contributed by atoms with Gasteiger partial charge in [0.2, 0.25) is 0 Å². The van der Waals surface area contributed by atoms with Crippen LogP contribution in [0.2, 0.25) is 5.15 Å². The van der Waals surface area contributed by atoms with E-state index in [1.807, 2.05) is 0 Å². The predicted molar refractivity (Wildman–Crippen MR) is 60.0 cm³/mol. The number of hydrogen-bond acceptors (Lipinski definition) is 2. The summed E-state index contributed by atoms with van der Waals surface area (Å²) in [6, 6.07) is 5.16. The molecule has 0 unspecified atom stereocenters. The molecule has 0 aliphatic carbocycles. The molecule has 5 heteroatoms. The highest BCUT2D eigenvalue weighted by Gasteiger charge is 2.11. The summed E-state index contributed by atoms with van der Waals surface area (Å²) in [5.74, 6) is -1.93. The van der Waals surface area contributed by atoms with Crippen molar-refractivity contribution >= 4 is 17.9 Å². The van der Waals surface area contributed by atoms with Gasteiger partial charge in [-0.05, 0) is 12.1 Å². The first-order chi connectivity index (χ1) is 8.13. The average molecular weight is 254 g/mol. The van der Waals surface area contributed by atoms with Crippen LogP contribution in [0.5, 0.6) is 0 Å². The van der Waals surface area contributed by atoms with Gasteiger partial charge in [0.15, 0.2) is 17.9 Å². The van der Waals surface area contributed by atoms with Gasteiger partial charge < -0.3 is 0 Å². The molecule has 0 saturated carbocycles. The van der Waals surface area contributed by atoms with E-state index in [1.165, 1.54) is 24.4 Å². The van der Waals surface area contributed by atoms with Gasteiger partial charge >= 0.3 is 0 Å². The fraction of sp³-hybridized carbons (Fsp3) is 0. The monoisotopic (exact) mass is 253 g/mol. The van der Waals surface area contributed by atoms with Crippen LogP contribution in [-0.2, 0) is 0 Å². The van der Waals surface area contributed by atoms with Crippen molar-refractivity contribution in [1.82, 2.24) is 4.98 Å². The smallest absolute Gasteiger partial charge is 0.166 e. The highest BCUT2D eigenvalue weighted by molar-refractivity contribution is 6.31. The zero-order chi connectivity index (χ0) is 12.4. The van der Waals surface area contributed by atoms with E-state index < -0.39 is 11.6 Å². The third kappa shape index (κ3) is 2.17. The number of carbonyl (C=O) groups is 1. The fourth-order valence-electron chi connectivity index (χ4n) is 1.42. The lowest BCUT2D eigenvalue weighted by atomic mass is 10.1. The number of aromatic nitrogens is 1. The van der Waals surface area contributed by atoms with E-state index in [1.54, 1.807) is 0 Å². The van der Waals surface area contributed by atoms with E-state index in [0.29, 0.717) is 11.8 Å². The van der Waals surface area contributed by atoms with Crippen LogP contribution in [0.25, 0.3) is 11.1 Å². The Morgan fingerprint density at radius 1 is 1.29 bits per heavy atom. The molecule has 86 valence electrons. The molecule has 0 aliphatic rings. The molecule has 0 N–H and O–H groups in total. The largest absolute Gasteiger partial charge is 0.298 e. The molecule has 0 saturated heterocycles. The third-order valence-corrected chi connectivity index (χ3v) is 2.57. The van der Waals surface area contributed by atoms with Gasteiger partial charge in [-0.15, -0.1) is 0 Å². The SMILES string of the molecule is O=Cc1cc(-c2cccc(F)c2F)cnc1Cl. The van der Waals surface area contributed by atoms with Crippen LogP contribution >= 0.6 is 11.6 Å². The zero-order valence-corrected chi connectivity index (χ0v) is 9.21. The summed E-state index contributed by atoms with van der Waals surface area (Å²) in [4.78, 5) is 14.4. The second kappa shape index (κ2) is 4.59. The molecule has 0 bridgehead atoms. The van der Waals surface area contributed by atoms with E-state index in [-0.39, 0.29) is 16.3 Å². The summed E-state index contributed by atoms with van der Waals surface area (Å²) in [5.41, 5.74) is 0.471. The van der Waals surface area contributed by atoms with E-state index in [9.17, 15) is 13.6 Å². The summed E-state index contributed by atoms with van der Waals surface area (Å²) >= 11 is 5.64. The number of rotatable bonds is 2. The maximum Gasteiger partial charge on any atom is 0.166 e. The summed E-state index contributed by atoms with van der Waals surface area (Å²) in [7, 11) is 0. The Labute approximate surface area is 101 Å². The molecule has 0 spiro atoms. The van der Waals surface area contributed by atoms with Gasteiger partial charge in [0.05, 0.1) is 5.56 Å². The van der Waals surface area contributed by atoms with Crippen molar-refractivity contribution in [2.24, 2.45) is 0 Å². The van der Waals surface area contributed by atoms with E-state index in [4.69, 9.17) is 11.6 Å². The zero-order valence-electron chi connectivity index (χ0n) is 8.45. The second-order valence-electron chi connectivity index (χ2n) is 3.32. The van der Waals surface area contributed by atoms with Crippen molar-refractivity contribution in [3.63, 3.8) is 0 Å². The average Bonchev–Trinajstić information content (AvgIpc) is 2.34. The standard InChI is InChI=1S/C12H6ClF2NO/c13-12-8(6-17)4-7(5-16-12)9-2-1-3-10(14)11(9)15/h1-6H. The number of nitrogens with zero attached hydrogens (tertiary/aromatic N) is 1. The number of benzene rings is 1. The van der Waals surface area contributed by atoms with Gasteiger partial charge in [-0.2, -0.15) is 0 Å². The first-order valence-corrected chi connectivity index (χ1v) is 5.06. The van der Waals surface area contributed by atoms with Gasteiger partial charge in [0.25, 0.3) is 0 Å². The van der Waals surface area contributed by atoms with Crippen LogP contribution in [-0.4, -0.2) is 11.3 Å². The van der Waals surface area contributed by atoms with Gasteiger partial charge in [0, 0.05) is 17.3 Å². The summed E-state index contributed by atoms with van der Waals surface area (Å²) in [6.45, 7) is 0. The van der Waals surface area contributed by atoms with Crippen LogP contribution in [0.1, 0.15) is 10.4 Å². The molecule has 0 radical (unpaired) electrons. The minimum atomic E-state index is -0.978. The molecule has 0 atom stereocenters. The molecule has 2 nitrogen and oxygen atoms in total. The van der Waals surface area contributed by atoms with Crippen LogP contribution < -0.4 is 0 Å². The number of hydrogen-bond donors (Lipinski definition) is 0. The molecule has 1 aromatic carbocycles. The summed E-state index contributed by atoms with van der Waals surface area (Å²) in [6.07, 6.45) is 1.79. The number of halogens is 3. The van der Waals surface area contributed by atoms with Crippen molar-refractivity contribution in [2.75, 3.05) is 0 Å². The van der Waals surface area contributed by atoms with Crippen molar-refractivity contribution in [1.29, 1.82) is 0 Å². The lowest BCUT2D eigenvalue weighted by Gasteiger charge is -2.05. The van der Waals surface area contributed by atoms with Crippen LogP contribution in [0.4, 0.5) is 8.78 Å². The Hall–Kier alpha value is -1.81. The molecule has 0 amide bonds. The maximum absolute atomic E-state index is 13.5. The number of pyridine rings is 1. The molecule has 0 fully saturated rings. The van der Waals surface area contributed by atoms with E-state index in [2.05, 4.69) is 4.98 Å². The first kappa shape index (κ1) is 11.7. The fourth-order valence-corrected chi connectivity index (χ4v) is 1.57. The molecule has 1 heterocycles. The number of carbonyl (C=O) groups excluding carboxylic acids is 1. The van der Waals surface area contributed by atoms with E-state index in [0.717, 1.165) is 6.07 Å². The minimum Gasteiger partial charge on any atom is -0.298 e. The predicted octanol–water partition coefficient (Wildman–Crippen LogP) is 3.49. The molecule has 2 rings (SSSR count). The van der Waals surface area contributed by atoms with Gasteiger partial charge in [0.1, 0.15) is 5.15 Å². The topological polar surface area (TPSA) is 30.0 Å². The molecule has 2 aromatic rings. The van der Waals surface area contributed by atoms with Crippen LogP contribution in [0.15, 0.2) is 30.5 Å². The molecular formula is C12H6ClF2NO. The van der Waals surface area contributed by atoms with Gasteiger partial charge in [-0.25, -0.2) is 13.8 Å². The van der Waals surface area contributed by atoms with Gasteiger partial charge in [-0.3, -0.25) is 4.79 Å². The summed E-state index contributed by atoms with van der Waals surface area (Å²) in [5, 5.41) is 0.0283. The second-order valence-corrected chi connectivity index (χ2v) is 3.68. The Morgan fingerprint density at radius 3 is 2.76 bits per heavy atom. The Bertz CT molecular complexity index is 587. The van der Waals surface area contributed by atoms with Crippen molar-refractivity contribution < 1.29 is 13.6 Å². The molecule has 1 aromatic heterocycles. The molecule has 0 aliphatic heterocycles. The molecular weight excluding hydrogens is 248 g/mol. The summed E-state index contributed by atoms with van der Waals surface area (Å²) < 4.78 is 26.5. The number of aldehydes is 1. The molecule has 17 heavy (non-hydrogen) atoms. The van der Waals surface area contributed by atoms with Crippen molar-refractivity contribution in [2.45, 2.75) is 0 Å². The maximum atomic E-state index is 13.5. The van der Waals surface area contributed by atoms with Crippen molar-refractivity contribution in [3.8, 4) is 11.1 Å². The highest BCUT2D eigenvalue weighted by atomic mass is 35.5. The first-order valence-electron chi connectivity index (χ1n) is 4.68. The Morgan fingerprint density at radius 2 is 2.06 bits per heavy atom. The van der Waals surface area contributed by atoms with Gasteiger partial charge in [-0.1, -0.05) is 23.7 Å². The highest BCUT2D eigenvalue weighted by Crippen LogP contribution is 2.26. The van der Waals surface area contributed by atoms with Crippen molar-refractivity contribution in [3.05, 3.63) is 52.8 Å². The van der Waals surface area contributed by atoms with Crippen LogP contribution in [0, 0.1) is 11.6 Å². The lowest BCUT2D eigenvalue weighted by molar-refractivity contribution is 0.112. The third-order valence-electron chi connectivity index (χ3n) is 2.26. The quantitative estimate of drug-likeness (QED) is 0.606. The lowest BCUT2D eigenvalue weighted by Crippen LogP contribution is -1.92. The Kier molecular flexibility index (Phi) is 3.15. The normalized spacial score (nSPS) is 10.3. The van der Waals surface area contributed by atoms with Crippen LogP contribution in [0.3, 0.4) is 0 Å².